The Kier molecular flexibility index (Phi) is 7.66. The maximum atomic E-state index is 13.2. The molecule has 34 heavy (non-hydrogen) atoms. The molecular weight excluding hydrogens is 446 g/mol. The van der Waals surface area contributed by atoms with Gasteiger partial charge in [0.25, 0.3) is 0 Å². The zero-order chi connectivity index (χ0) is 24.1. The fraction of sp³-hybridized carbons (Fsp3) is 0.370. The van der Waals surface area contributed by atoms with Crippen molar-refractivity contribution in [1.82, 2.24) is 14.5 Å². The van der Waals surface area contributed by atoms with Gasteiger partial charge in [0.1, 0.15) is 0 Å². The number of nitrogens with zero attached hydrogens (tertiary/aromatic N) is 2. The van der Waals surface area contributed by atoms with E-state index in [9.17, 15) is 13.2 Å². The predicted molar refractivity (Wildman–Crippen MR) is 136 cm³/mol. The Morgan fingerprint density at radius 2 is 1.68 bits per heavy atom. The summed E-state index contributed by atoms with van der Waals surface area (Å²) in [5.74, 6) is -0.170. The molecule has 0 bridgehead atoms. The predicted octanol–water partition coefficient (Wildman–Crippen LogP) is 4.01. The molecule has 0 aromatic heterocycles. The molecule has 7 heteroatoms. The first kappa shape index (κ1) is 24.4. The van der Waals surface area contributed by atoms with Crippen molar-refractivity contribution in [3.8, 4) is 0 Å². The molecule has 3 aromatic carbocycles. The third-order valence-electron chi connectivity index (χ3n) is 6.63. The summed E-state index contributed by atoms with van der Waals surface area (Å²) in [4.78, 5) is 15.3. The number of hydrogen-bond acceptors (Lipinski definition) is 4. The molecule has 1 fully saturated rings. The zero-order valence-corrected chi connectivity index (χ0v) is 20.7. The van der Waals surface area contributed by atoms with E-state index in [1.54, 1.807) is 12.1 Å². The van der Waals surface area contributed by atoms with E-state index in [0.29, 0.717) is 37.4 Å². The number of hydrogen-bond donors (Lipinski definition) is 1. The summed E-state index contributed by atoms with van der Waals surface area (Å²) in [7, 11) is -1.49. The van der Waals surface area contributed by atoms with Crippen molar-refractivity contribution in [2.45, 2.75) is 37.8 Å². The van der Waals surface area contributed by atoms with E-state index in [1.165, 1.54) is 9.87 Å². The molecule has 6 nitrogen and oxygen atoms in total. The minimum Gasteiger partial charge on any atom is -0.352 e. The van der Waals surface area contributed by atoms with Crippen LogP contribution in [0.15, 0.2) is 71.6 Å². The van der Waals surface area contributed by atoms with Crippen LogP contribution in [0, 0.1) is 5.92 Å². The van der Waals surface area contributed by atoms with Gasteiger partial charge < -0.3 is 10.2 Å². The highest BCUT2D eigenvalue weighted by Crippen LogP contribution is 2.26. The summed E-state index contributed by atoms with van der Waals surface area (Å²) >= 11 is 0. The molecule has 0 aliphatic carbocycles. The maximum absolute atomic E-state index is 13.2. The first-order chi connectivity index (χ1) is 16.4. The first-order valence-corrected chi connectivity index (χ1v) is 13.3. The number of nitrogens with one attached hydrogen (secondary N) is 1. The number of rotatable bonds is 8. The minimum absolute atomic E-state index is 0.00108. The smallest absolute Gasteiger partial charge is 0.243 e. The van der Waals surface area contributed by atoms with Crippen LogP contribution >= 0.6 is 0 Å². The number of sulfonamides is 1. The molecule has 0 spiro atoms. The number of fused-ring (bicyclic) bond motifs is 1. The van der Waals surface area contributed by atoms with Crippen molar-refractivity contribution in [2.24, 2.45) is 5.92 Å². The van der Waals surface area contributed by atoms with Crippen molar-refractivity contribution in [3.05, 3.63) is 77.9 Å². The van der Waals surface area contributed by atoms with Crippen LogP contribution in [0.1, 0.15) is 30.9 Å². The molecule has 0 atom stereocenters. The van der Waals surface area contributed by atoms with Gasteiger partial charge in [-0.3, -0.25) is 4.79 Å². The molecule has 0 saturated carbocycles. The molecular formula is C27H33N3O3S. The van der Waals surface area contributed by atoms with Crippen LogP contribution in [0.2, 0.25) is 0 Å². The second-order valence-corrected chi connectivity index (χ2v) is 11.0. The topological polar surface area (TPSA) is 69.7 Å². The Morgan fingerprint density at radius 3 is 2.41 bits per heavy atom. The Bertz CT molecular complexity index is 1250. The molecule has 1 aliphatic rings. The van der Waals surface area contributed by atoms with Gasteiger partial charge in [0.05, 0.1) is 4.90 Å². The average molecular weight is 480 g/mol. The zero-order valence-electron chi connectivity index (χ0n) is 19.9. The highest BCUT2D eigenvalue weighted by atomic mass is 32.2. The van der Waals surface area contributed by atoms with Gasteiger partial charge in [-0.25, -0.2) is 8.42 Å². The van der Waals surface area contributed by atoms with Crippen LogP contribution in [0.25, 0.3) is 10.8 Å². The van der Waals surface area contributed by atoms with Crippen molar-refractivity contribution >= 4 is 26.7 Å². The highest BCUT2D eigenvalue weighted by molar-refractivity contribution is 7.89. The number of carbonyl (C=O) groups is 1. The van der Waals surface area contributed by atoms with Gasteiger partial charge >= 0.3 is 0 Å². The monoisotopic (exact) mass is 479 g/mol. The van der Waals surface area contributed by atoms with E-state index in [2.05, 4.69) is 36.3 Å². The largest absolute Gasteiger partial charge is 0.352 e. The lowest BCUT2D eigenvalue weighted by Crippen LogP contribution is -2.42. The van der Waals surface area contributed by atoms with Gasteiger partial charge in [-0.1, -0.05) is 61.5 Å². The van der Waals surface area contributed by atoms with E-state index in [-0.39, 0.29) is 11.8 Å². The third-order valence-corrected chi connectivity index (χ3v) is 8.53. The highest BCUT2D eigenvalue weighted by Gasteiger charge is 2.32. The molecule has 1 saturated heterocycles. The van der Waals surface area contributed by atoms with E-state index < -0.39 is 10.0 Å². The van der Waals surface area contributed by atoms with Crippen LogP contribution < -0.4 is 5.32 Å². The number of piperidine rings is 1. The maximum Gasteiger partial charge on any atom is 0.243 e. The lowest BCUT2D eigenvalue weighted by Gasteiger charge is -2.30. The van der Waals surface area contributed by atoms with Gasteiger partial charge in [0.15, 0.2) is 0 Å². The van der Waals surface area contributed by atoms with E-state index in [4.69, 9.17) is 0 Å². The molecule has 0 radical (unpaired) electrons. The Labute approximate surface area is 202 Å². The van der Waals surface area contributed by atoms with Gasteiger partial charge in [0, 0.05) is 32.1 Å². The lowest BCUT2D eigenvalue weighted by atomic mass is 9.97. The molecule has 4 rings (SSSR count). The van der Waals surface area contributed by atoms with Gasteiger partial charge in [-0.15, -0.1) is 0 Å². The number of amides is 1. The molecule has 0 unspecified atom stereocenters. The van der Waals surface area contributed by atoms with Gasteiger partial charge in [0.2, 0.25) is 15.9 Å². The number of carbonyl (C=O) groups excluding carboxylic acids is 1. The standard InChI is InChI=1S/C27H33N3O3S/c1-3-29(2)20-22-8-6-7-21(17-22)19-28-27(31)24-13-15-30(16-14-24)34(32,33)26-12-11-23-9-4-5-10-25(23)18-26/h4-12,17-18,24H,3,13-16,19-20H2,1-2H3,(H,28,31). The van der Waals surface area contributed by atoms with E-state index in [0.717, 1.165) is 29.4 Å². The fourth-order valence-corrected chi connectivity index (χ4v) is 5.94. The summed E-state index contributed by atoms with van der Waals surface area (Å²) in [6, 6.07) is 21.3. The van der Waals surface area contributed by atoms with Crippen molar-refractivity contribution < 1.29 is 13.2 Å². The average Bonchev–Trinajstić information content (AvgIpc) is 2.87. The Balaban J connectivity index is 1.32. The summed E-state index contributed by atoms with van der Waals surface area (Å²) < 4.78 is 27.8. The molecule has 3 aromatic rings. The van der Waals surface area contributed by atoms with Crippen LogP contribution in [-0.2, 0) is 27.9 Å². The van der Waals surface area contributed by atoms with Gasteiger partial charge in [-0.2, -0.15) is 4.31 Å². The third kappa shape index (κ3) is 5.66. The van der Waals surface area contributed by atoms with Gasteiger partial charge in [-0.05, 0) is 60.5 Å². The second-order valence-electron chi connectivity index (χ2n) is 9.06. The van der Waals surface area contributed by atoms with Crippen molar-refractivity contribution in [3.63, 3.8) is 0 Å². The minimum atomic E-state index is -3.58. The summed E-state index contributed by atoms with van der Waals surface area (Å²) in [6.45, 7) is 5.18. The van der Waals surface area contributed by atoms with Crippen molar-refractivity contribution in [2.75, 3.05) is 26.7 Å². The van der Waals surface area contributed by atoms with E-state index >= 15 is 0 Å². The second kappa shape index (κ2) is 10.7. The summed E-state index contributed by atoms with van der Waals surface area (Å²) in [6.07, 6.45) is 1.06. The Morgan fingerprint density at radius 1 is 0.971 bits per heavy atom. The number of benzene rings is 3. The van der Waals surface area contributed by atoms with Crippen molar-refractivity contribution in [1.29, 1.82) is 0 Å². The van der Waals surface area contributed by atoms with Crippen LogP contribution in [0.3, 0.4) is 0 Å². The Hall–Kier alpha value is -2.74. The van der Waals surface area contributed by atoms with Crippen LogP contribution in [-0.4, -0.2) is 50.2 Å². The quantitative estimate of drug-likeness (QED) is 0.530. The molecule has 1 amide bonds. The SMILES string of the molecule is CCN(C)Cc1cccc(CNC(=O)C2CCN(S(=O)(=O)c3ccc4ccccc4c3)CC2)c1. The molecule has 1 N–H and O–H groups in total. The molecule has 180 valence electrons. The van der Waals surface area contributed by atoms with Crippen LogP contribution in [0.4, 0.5) is 0 Å². The summed E-state index contributed by atoms with van der Waals surface area (Å²) in [5.41, 5.74) is 2.30. The molecule has 1 aliphatic heterocycles. The van der Waals surface area contributed by atoms with E-state index in [1.807, 2.05) is 42.5 Å². The first-order valence-electron chi connectivity index (χ1n) is 11.9. The van der Waals surface area contributed by atoms with Crippen LogP contribution in [0.5, 0.6) is 0 Å². The normalized spacial score (nSPS) is 15.6. The lowest BCUT2D eigenvalue weighted by molar-refractivity contribution is -0.126. The summed E-state index contributed by atoms with van der Waals surface area (Å²) in [5, 5.41) is 4.97. The molecule has 1 heterocycles. The fourth-order valence-electron chi connectivity index (χ4n) is 4.43.